The van der Waals surface area contributed by atoms with Crippen molar-refractivity contribution in [3.05, 3.63) is 41.9 Å². The van der Waals surface area contributed by atoms with Crippen LogP contribution in [-0.4, -0.2) is 40.3 Å². The highest BCUT2D eigenvalue weighted by Crippen LogP contribution is 2.31. The van der Waals surface area contributed by atoms with Gasteiger partial charge < -0.3 is 4.74 Å². The van der Waals surface area contributed by atoms with E-state index in [2.05, 4.69) is 33.6 Å². The van der Waals surface area contributed by atoms with E-state index < -0.39 is 0 Å². The van der Waals surface area contributed by atoms with E-state index in [0.717, 1.165) is 29.8 Å². The van der Waals surface area contributed by atoms with Gasteiger partial charge in [-0.3, -0.25) is 4.90 Å². The molecule has 0 saturated carbocycles. The van der Waals surface area contributed by atoms with Crippen LogP contribution in [0.3, 0.4) is 0 Å². The molecule has 0 radical (unpaired) electrons. The maximum absolute atomic E-state index is 6.07. The van der Waals surface area contributed by atoms with Gasteiger partial charge in [0.15, 0.2) is 0 Å². The molecule has 0 bridgehead atoms. The Balaban J connectivity index is 1.44. The minimum Gasteiger partial charge on any atom is -0.491 e. The SMILES string of the molecule is c1csc(Sn2ncc3c(OCCN4CCCCC4)cccc32)c1. The second-order valence-electron chi connectivity index (χ2n) is 5.98. The number of likely N-dealkylation sites (tertiary alicyclic amines) is 1. The number of hydrogen-bond donors (Lipinski definition) is 0. The summed E-state index contributed by atoms with van der Waals surface area (Å²) in [5.41, 5.74) is 1.10. The largest absolute Gasteiger partial charge is 0.491 e. The minimum absolute atomic E-state index is 0.738. The van der Waals surface area contributed by atoms with Gasteiger partial charge in [-0.25, -0.2) is 4.09 Å². The lowest BCUT2D eigenvalue weighted by atomic mass is 10.1. The van der Waals surface area contributed by atoms with E-state index in [1.165, 1.54) is 36.6 Å². The predicted molar refractivity (Wildman–Crippen MR) is 101 cm³/mol. The van der Waals surface area contributed by atoms with Crippen molar-refractivity contribution in [3.63, 3.8) is 0 Å². The zero-order valence-corrected chi connectivity index (χ0v) is 15.2. The first-order chi connectivity index (χ1) is 11.9. The van der Waals surface area contributed by atoms with E-state index in [1.807, 2.05) is 22.4 Å². The molecule has 1 aromatic carbocycles. The summed E-state index contributed by atoms with van der Waals surface area (Å²) in [5.74, 6) is 0.933. The van der Waals surface area contributed by atoms with Gasteiger partial charge in [-0.1, -0.05) is 18.6 Å². The molecule has 3 aromatic rings. The Labute approximate surface area is 150 Å². The number of hydrogen-bond acceptors (Lipinski definition) is 5. The van der Waals surface area contributed by atoms with E-state index >= 15 is 0 Å². The van der Waals surface area contributed by atoms with Crippen molar-refractivity contribution in [3.8, 4) is 5.75 Å². The monoisotopic (exact) mass is 359 g/mol. The molecular weight excluding hydrogens is 338 g/mol. The zero-order valence-electron chi connectivity index (χ0n) is 13.6. The summed E-state index contributed by atoms with van der Waals surface area (Å²) in [6.45, 7) is 4.17. The average Bonchev–Trinajstić information content (AvgIpc) is 3.27. The molecule has 1 aliphatic heterocycles. The van der Waals surface area contributed by atoms with Crippen LogP contribution in [-0.2, 0) is 0 Å². The fourth-order valence-corrected chi connectivity index (χ4v) is 4.73. The van der Waals surface area contributed by atoms with Crippen LogP contribution in [0.15, 0.2) is 46.1 Å². The Morgan fingerprint density at radius 1 is 1.12 bits per heavy atom. The van der Waals surface area contributed by atoms with Gasteiger partial charge in [0, 0.05) is 18.5 Å². The Kier molecular flexibility index (Phi) is 5.06. The summed E-state index contributed by atoms with van der Waals surface area (Å²) >= 11 is 3.37. The fraction of sp³-hybridized carbons (Fsp3) is 0.389. The van der Waals surface area contributed by atoms with Crippen molar-refractivity contribution in [2.75, 3.05) is 26.2 Å². The molecule has 4 rings (SSSR count). The van der Waals surface area contributed by atoms with Gasteiger partial charge in [-0.15, -0.1) is 11.3 Å². The number of rotatable bonds is 6. The van der Waals surface area contributed by atoms with Crippen molar-refractivity contribution < 1.29 is 4.74 Å². The van der Waals surface area contributed by atoms with Gasteiger partial charge in [0.25, 0.3) is 0 Å². The van der Waals surface area contributed by atoms with Crippen LogP contribution in [0.2, 0.25) is 0 Å². The van der Waals surface area contributed by atoms with Gasteiger partial charge in [-0.05, 0) is 49.5 Å². The Bertz CT molecular complexity index is 779. The smallest absolute Gasteiger partial charge is 0.130 e. The quantitative estimate of drug-likeness (QED) is 0.647. The number of thiophene rings is 1. The molecular formula is C18H21N3OS2. The maximum atomic E-state index is 6.07. The molecule has 1 saturated heterocycles. The van der Waals surface area contributed by atoms with Crippen LogP contribution in [0.25, 0.3) is 10.9 Å². The van der Waals surface area contributed by atoms with Gasteiger partial charge in [0.05, 0.1) is 21.3 Å². The lowest BCUT2D eigenvalue weighted by Gasteiger charge is -2.26. The third kappa shape index (κ3) is 3.61. The lowest BCUT2D eigenvalue weighted by molar-refractivity contribution is 0.184. The molecule has 6 heteroatoms. The predicted octanol–water partition coefficient (Wildman–Crippen LogP) is 4.52. The van der Waals surface area contributed by atoms with Crippen molar-refractivity contribution in [1.29, 1.82) is 0 Å². The molecule has 0 spiro atoms. The Hall–Kier alpha value is -1.50. The standard InChI is InChI=1S/C18H21N3OS2/c1-2-9-20(10-3-1)11-12-22-17-7-4-6-16-15(17)14-19-21(16)24-18-8-5-13-23-18/h4-8,13-14H,1-3,9-12H2. The van der Waals surface area contributed by atoms with Crippen molar-refractivity contribution in [2.45, 2.75) is 23.5 Å². The van der Waals surface area contributed by atoms with Crippen LogP contribution >= 0.6 is 23.3 Å². The molecule has 0 N–H and O–H groups in total. The van der Waals surface area contributed by atoms with E-state index in [9.17, 15) is 0 Å². The molecule has 0 amide bonds. The number of fused-ring (bicyclic) bond motifs is 1. The highest BCUT2D eigenvalue weighted by atomic mass is 32.2. The number of aromatic nitrogens is 2. The average molecular weight is 360 g/mol. The van der Waals surface area contributed by atoms with E-state index in [-0.39, 0.29) is 0 Å². The van der Waals surface area contributed by atoms with Crippen LogP contribution in [0.5, 0.6) is 5.75 Å². The number of piperidine rings is 1. The molecule has 0 aliphatic carbocycles. The molecule has 4 nitrogen and oxygen atoms in total. The molecule has 0 unspecified atom stereocenters. The third-order valence-electron chi connectivity index (χ3n) is 4.33. The first-order valence-electron chi connectivity index (χ1n) is 8.44. The molecule has 1 fully saturated rings. The van der Waals surface area contributed by atoms with Crippen LogP contribution in [0, 0.1) is 0 Å². The summed E-state index contributed by atoms with van der Waals surface area (Å²) < 4.78 is 9.27. The van der Waals surface area contributed by atoms with Crippen LogP contribution in [0.4, 0.5) is 0 Å². The lowest BCUT2D eigenvalue weighted by Crippen LogP contribution is -2.33. The third-order valence-corrected chi connectivity index (χ3v) is 6.28. The number of benzene rings is 1. The maximum Gasteiger partial charge on any atom is 0.130 e. The van der Waals surface area contributed by atoms with Crippen LogP contribution in [0.1, 0.15) is 19.3 Å². The molecule has 126 valence electrons. The zero-order chi connectivity index (χ0) is 16.2. The van der Waals surface area contributed by atoms with Gasteiger partial charge >= 0.3 is 0 Å². The Morgan fingerprint density at radius 2 is 2.04 bits per heavy atom. The molecule has 2 aromatic heterocycles. The summed E-state index contributed by atoms with van der Waals surface area (Å²) in [5, 5.41) is 7.69. The van der Waals surface area contributed by atoms with E-state index in [4.69, 9.17) is 4.74 Å². The molecule has 24 heavy (non-hydrogen) atoms. The molecule has 0 atom stereocenters. The number of ether oxygens (including phenoxy) is 1. The van der Waals surface area contributed by atoms with E-state index in [0.29, 0.717) is 0 Å². The topological polar surface area (TPSA) is 30.3 Å². The first-order valence-corrected chi connectivity index (χ1v) is 10.1. The summed E-state index contributed by atoms with van der Waals surface area (Å²) in [4.78, 5) is 2.50. The summed E-state index contributed by atoms with van der Waals surface area (Å²) in [7, 11) is 0. The second-order valence-corrected chi connectivity index (χ2v) is 8.15. The molecule has 3 heterocycles. The second kappa shape index (κ2) is 7.59. The van der Waals surface area contributed by atoms with Gasteiger partial charge in [0.2, 0.25) is 0 Å². The van der Waals surface area contributed by atoms with Gasteiger partial charge in [-0.2, -0.15) is 5.10 Å². The van der Waals surface area contributed by atoms with Crippen molar-refractivity contribution in [1.82, 2.24) is 14.1 Å². The minimum atomic E-state index is 0.738. The van der Waals surface area contributed by atoms with Crippen molar-refractivity contribution in [2.24, 2.45) is 0 Å². The normalized spacial score (nSPS) is 15.8. The van der Waals surface area contributed by atoms with Crippen LogP contribution < -0.4 is 4.74 Å². The van der Waals surface area contributed by atoms with Crippen molar-refractivity contribution >= 4 is 34.2 Å². The summed E-state index contributed by atoms with van der Waals surface area (Å²) in [6, 6.07) is 10.4. The Morgan fingerprint density at radius 3 is 2.88 bits per heavy atom. The van der Waals surface area contributed by atoms with Gasteiger partial charge in [0.1, 0.15) is 12.4 Å². The highest BCUT2D eigenvalue weighted by Gasteiger charge is 2.12. The first kappa shape index (κ1) is 16.0. The van der Waals surface area contributed by atoms with E-state index in [1.54, 1.807) is 23.3 Å². The molecule has 1 aliphatic rings. The summed E-state index contributed by atoms with van der Waals surface area (Å²) in [6.07, 6.45) is 5.93. The number of nitrogens with zero attached hydrogens (tertiary/aromatic N) is 3. The fourth-order valence-electron chi connectivity index (χ4n) is 3.07. The highest BCUT2D eigenvalue weighted by molar-refractivity contribution is 7.99.